The van der Waals surface area contributed by atoms with Gasteiger partial charge in [-0.3, -0.25) is 14.8 Å². The second-order valence-corrected chi connectivity index (χ2v) is 6.07. The number of hydroxylamine groups is 1. The summed E-state index contributed by atoms with van der Waals surface area (Å²) >= 11 is 0. The molecule has 0 aromatic heterocycles. The first-order chi connectivity index (χ1) is 9.73. The summed E-state index contributed by atoms with van der Waals surface area (Å²) in [4.78, 5) is 26.0. The Morgan fingerprint density at radius 3 is 2.14 bits per heavy atom. The predicted octanol–water partition coefficient (Wildman–Crippen LogP) is 1.95. The number of nitrogens with one attached hydrogen (secondary N) is 1. The van der Waals surface area contributed by atoms with E-state index in [9.17, 15) is 9.59 Å². The van der Waals surface area contributed by atoms with Crippen LogP contribution in [0.2, 0.25) is 0 Å². The van der Waals surface area contributed by atoms with Gasteiger partial charge in [0.05, 0.1) is 5.41 Å². The molecule has 1 rings (SSSR count). The molecule has 5 heteroatoms. The van der Waals surface area contributed by atoms with Gasteiger partial charge in [-0.15, -0.1) is 0 Å². The van der Waals surface area contributed by atoms with Crippen molar-refractivity contribution >= 4 is 11.8 Å². The topological polar surface area (TPSA) is 69.6 Å². The lowest BCUT2D eigenvalue weighted by molar-refractivity contribution is -0.147. The van der Waals surface area contributed by atoms with Crippen molar-refractivity contribution in [3.63, 3.8) is 0 Å². The van der Waals surface area contributed by atoms with E-state index in [0.29, 0.717) is 0 Å². The lowest BCUT2D eigenvalue weighted by Gasteiger charge is -2.35. The number of rotatable bonds is 5. The van der Waals surface area contributed by atoms with Crippen molar-refractivity contribution in [1.82, 2.24) is 10.4 Å². The van der Waals surface area contributed by atoms with E-state index in [1.54, 1.807) is 12.5 Å². The number of benzene rings is 1. The first-order valence-electron chi connectivity index (χ1n) is 7.00. The summed E-state index contributed by atoms with van der Waals surface area (Å²) in [6, 6.07) is 8.72. The Morgan fingerprint density at radius 2 is 1.71 bits per heavy atom. The zero-order valence-corrected chi connectivity index (χ0v) is 13.3. The summed E-state index contributed by atoms with van der Waals surface area (Å²) in [5.74, 6) is -0.863. The maximum absolute atomic E-state index is 12.8. The molecule has 0 unspecified atom stereocenters. The number of hydrogen-bond acceptors (Lipinski definition) is 3. The van der Waals surface area contributed by atoms with Crippen molar-refractivity contribution in [3.8, 4) is 0 Å². The van der Waals surface area contributed by atoms with E-state index in [2.05, 4.69) is 0 Å². The largest absolute Gasteiger partial charge is 0.333 e. The minimum atomic E-state index is -0.751. The highest BCUT2D eigenvalue weighted by Crippen LogP contribution is 2.27. The van der Waals surface area contributed by atoms with Crippen molar-refractivity contribution < 1.29 is 14.8 Å². The molecule has 5 nitrogen and oxygen atoms in total. The Bertz CT molecular complexity index is 498. The van der Waals surface area contributed by atoms with Crippen LogP contribution in [0.15, 0.2) is 30.3 Å². The highest BCUT2D eigenvalue weighted by atomic mass is 16.5. The van der Waals surface area contributed by atoms with Crippen molar-refractivity contribution in [1.29, 1.82) is 0 Å². The van der Waals surface area contributed by atoms with E-state index in [-0.39, 0.29) is 11.8 Å². The average molecular weight is 292 g/mol. The fraction of sp³-hybridized carbons (Fsp3) is 0.500. The van der Waals surface area contributed by atoms with E-state index in [1.807, 2.05) is 58.0 Å². The third-order valence-electron chi connectivity index (χ3n) is 3.78. The molecule has 0 aliphatic heterocycles. The fourth-order valence-corrected chi connectivity index (χ4v) is 2.54. The van der Waals surface area contributed by atoms with Gasteiger partial charge in [-0.1, -0.05) is 44.2 Å². The van der Waals surface area contributed by atoms with E-state index in [0.717, 1.165) is 5.56 Å². The van der Waals surface area contributed by atoms with E-state index < -0.39 is 17.4 Å². The standard InChI is InChI=1S/C16H24N2O3/c1-11(2)13(14(19)17-21)18(5)15(20)16(3,4)12-9-7-6-8-10-12/h6-11,13,21H,1-5H3,(H,17,19)/t13-/m1/s1. The summed E-state index contributed by atoms with van der Waals surface area (Å²) in [5, 5.41) is 8.87. The molecule has 0 spiro atoms. The summed E-state index contributed by atoms with van der Waals surface area (Å²) in [7, 11) is 1.59. The van der Waals surface area contributed by atoms with E-state index in [4.69, 9.17) is 5.21 Å². The Balaban J connectivity index is 3.08. The lowest BCUT2D eigenvalue weighted by Crippen LogP contribution is -2.54. The van der Waals surface area contributed by atoms with Gasteiger partial charge in [-0.05, 0) is 25.3 Å². The summed E-state index contributed by atoms with van der Waals surface area (Å²) in [6.07, 6.45) is 0. The molecule has 0 aliphatic carbocycles. The van der Waals surface area contributed by atoms with Crippen LogP contribution in [0.1, 0.15) is 33.3 Å². The van der Waals surface area contributed by atoms with Gasteiger partial charge in [-0.2, -0.15) is 0 Å². The maximum Gasteiger partial charge on any atom is 0.266 e. The minimum absolute atomic E-state index is 0.113. The zero-order chi connectivity index (χ0) is 16.2. The summed E-state index contributed by atoms with van der Waals surface area (Å²) < 4.78 is 0. The Morgan fingerprint density at radius 1 is 1.19 bits per heavy atom. The normalized spacial score (nSPS) is 12.9. The van der Waals surface area contributed by atoms with Crippen LogP contribution < -0.4 is 5.48 Å². The molecular formula is C16H24N2O3. The molecule has 1 atom stereocenters. The summed E-state index contributed by atoms with van der Waals surface area (Å²) in [6.45, 7) is 7.32. The van der Waals surface area contributed by atoms with Gasteiger partial charge < -0.3 is 4.90 Å². The van der Waals surface area contributed by atoms with Crippen LogP contribution in [0, 0.1) is 5.92 Å². The molecule has 0 saturated heterocycles. The maximum atomic E-state index is 12.8. The summed E-state index contributed by atoms with van der Waals surface area (Å²) in [5.41, 5.74) is 1.77. The number of nitrogens with zero attached hydrogens (tertiary/aromatic N) is 1. The highest BCUT2D eigenvalue weighted by molar-refractivity contribution is 5.92. The molecule has 0 fully saturated rings. The minimum Gasteiger partial charge on any atom is -0.333 e. The molecule has 0 aliphatic rings. The Labute approximate surface area is 125 Å². The molecule has 1 aromatic carbocycles. The van der Waals surface area contributed by atoms with Gasteiger partial charge in [-0.25, -0.2) is 5.48 Å². The molecule has 0 radical (unpaired) electrons. The second kappa shape index (κ2) is 6.72. The fourth-order valence-electron chi connectivity index (χ4n) is 2.54. The smallest absolute Gasteiger partial charge is 0.266 e. The predicted molar refractivity (Wildman–Crippen MR) is 80.8 cm³/mol. The van der Waals surface area contributed by atoms with Crippen LogP contribution in [-0.4, -0.2) is 35.0 Å². The van der Waals surface area contributed by atoms with Gasteiger partial charge >= 0.3 is 0 Å². The van der Waals surface area contributed by atoms with Gasteiger partial charge in [0.2, 0.25) is 5.91 Å². The molecular weight excluding hydrogens is 268 g/mol. The van der Waals surface area contributed by atoms with Gasteiger partial charge in [0.1, 0.15) is 6.04 Å². The molecule has 2 N–H and O–H groups in total. The first-order valence-corrected chi connectivity index (χ1v) is 7.00. The van der Waals surface area contributed by atoms with Crippen LogP contribution in [0.5, 0.6) is 0 Å². The zero-order valence-electron chi connectivity index (χ0n) is 13.3. The molecule has 21 heavy (non-hydrogen) atoms. The van der Waals surface area contributed by atoms with Crippen LogP contribution in [0.3, 0.4) is 0 Å². The second-order valence-electron chi connectivity index (χ2n) is 6.07. The van der Waals surface area contributed by atoms with Crippen LogP contribution >= 0.6 is 0 Å². The Kier molecular flexibility index (Phi) is 5.49. The average Bonchev–Trinajstić information content (AvgIpc) is 2.46. The van der Waals surface area contributed by atoms with Crippen molar-refractivity contribution in [2.75, 3.05) is 7.05 Å². The Hall–Kier alpha value is -1.88. The SMILES string of the molecule is CC(C)[C@H](C(=O)NO)N(C)C(=O)C(C)(C)c1ccccc1. The molecule has 1 aromatic rings. The van der Waals surface area contributed by atoms with Gasteiger partial charge in [0, 0.05) is 7.05 Å². The number of likely N-dealkylation sites (N-methyl/N-ethyl adjacent to an activating group) is 1. The first kappa shape index (κ1) is 17.2. The third kappa shape index (κ3) is 3.61. The number of amides is 2. The number of hydrogen-bond donors (Lipinski definition) is 2. The highest BCUT2D eigenvalue weighted by Gasteiger charge is 2.38. The monoisotopic (exact) mass is 292 g/mol. The number of carbonyl (C=O) groups is 2. The molecule has 2 amide bonds. The van der Waals surface area contributed by atoms with Crippen LogP contribution in [0.25, 0.3) is 0 Å². The van der Waals surface area contributed by atoms with Crippen molar-refractivity contribution in [2.45, 2.75) is 39.2 Å². The van der Waals surface area contributed by atoms with Crippen molar-refractivity contribution in [2.24, 2.45) is 5.92 Å². The molecule has 0 bridgehead atoms. The van der Waals surface area contributed by atoms with E-state index in [1.165, 1.54) is 4.90 Å². The van der Waals surface area contributed by atoms with Crippen LogP contribution in [-0.2, 0) is 15.0 Å². The van der Waals surface area contributed by atoms with Gasteiger partial charge in [0.15, 0.2) is 0 Å². The molecule has 0 heterocycles. The molecule has 0 saturated carbocycles. The number of carbonyl (C=O) groups excluding carboxylic acids is 2. The van der Waals surface area contributed by atoms with E-state index >= 15 is 0 Å². The molecule has 116 valence electrons. The third-order valence-corrected chi connectivity index (χ3v) is 3.78. The van der Waals surface area contributed by atoms with Crippen LogP contribution in [0.4, 0.5) is 0 Å². The van der Waals surface area contributed by atoms with Crippen molar-refractivity contribution in [3.05, 3.63) is 35.9 Å². The lowest BCUT2D eigenvalue weighted by atomic mass is 9.82. The van der Waals surface area contributed by atoms with Gasteiger partial charge in [0.25, 0.3) is 5.91 Å². The quantitative estimate of drug-likeness (QED) is 0.644.